The molecule has 4 rings (SSSR count). The number of aromatic nitrogens is 4. The Morgan fingerprint density at radius 2 is 1.33 bits per heavy atom. The maximum absolute atomic E-state index is 4.73. The molecule has 0 aliphatic carbocycles. The zero-order chi connectivity index (χ0) is 20.9. The van der Waals surface area contributed by atoms with Gasteiger partial charge in [-0.3, -0.25) is 9.97 Å². The fourth-order valence-corrected chi connectivity index (χ4v) is 3.83. The number of benzene rings is 2. The lowest BCUT2D eigenvalue weighted by Gasteiger charge is -2.16. The number of nitrogens with zero attached hydrogens (tertiary/aromatic N) is 4. The van der Waals surface area contributed by atoms with Gasteiger partial charge in [-0.05, 0) is 35.4 Å². The van der Waals surface area contributed by atoms with Crippen molar-refractivity contribution >= 4 is 0 Å². The first-order valence-electron chi connectivity index (χ1n) is 10.4. The molecule has 0 bridgehead atoms. The van der Waals surface area contributed by atoms with Crippen LogP contribution in [0.5, 0.6) is 0 Å². The Kier molecular flexibility index (Phi) is 5.94. The molecule has 0 aliphatic heterocycles. The standard InChI is InChI=1S/C26H26N4/c1-18(2)21-9-4-6-11-23(21)25-17-29-20(16-30-25)15-19(3)22-10-5-7-12-24(22)26-27-13-8-14-28-26/h4-14,16-19H,15H2,1-3H3. The van der Waals surface area contributed by atoms with Crippen LogP contribution in [0, 0.1) is 0 Å². The van der Waals surface area contributed by atoms with Crippen molar-refractivity contribution in [3.8, 4) is 22.6 Å². The van der Waals surface area contributed by atoms with Gasteiger partial charge < -0.3 is 0 Å². The quantitative estimate of drug-likeness (QED) is 0.398. The molecule has 0 aliphatic rings. The van der Waals surface area contributed by atoms with E-state index in [2.05, 4.69) is 73.2 Å². The van der Waals surface area contributed by atoms with Gasteiger partial charge in [0.2, 0.25) is 0 Å². The Morgan fingerprint density at radius 1 is 0.667 bits per heavy atom. The summed E-state index contributed by atoms with van der Waals surface area (Å²) >= 11 is 0. The van der Waals surface area contributed by atoms with Gasteiger partial charge in [0.05, 0.1) is 17.6 Å². The Bertz CT molecular complexity index is 1110. The van der Waals surface area contributed by atoms with E-state index in [1.54, 1.807) is 12.4 Å². The lowest BCUT2D eigenvalue weighted by molar-refractivity contribution is 0.737. The second-order valence-electron chi connectivity index (χ2n) is 7.90. The molecule has 150 valence electrons. The van der Waals surface area contributed by atoms with Crippen LogP contribution in [0.2, 0.25) is 0 Å². The van der Waals surface area contributed by atoms with Crippen molar-refractivity contribution in [3.05, 3.63) is 96.2 Å². The zero-order valence-corrected chi connectivity index (χ0v) is 17.7. The summed E-state index contributed by atoms with van der Waals surface area (Å²) in [5, 5.41) is 0. The van der Waals surface area contributed by atoms with Crippen molar-refractivity contribution in [2.45, 2.75) is 39.0 Å². The molecule has 2 aromatic heterocycles. The van der Waals surface area contributed by atoms with Crippen LogP contribution in [0.1, 0.15) is 49.4 Å². The minimum Gasteiger partial charge on any atom is -0.257 e. The number of rotatable bonds is 6. The van der Waals surface area contributed by atoms with Crippen LogP contribution in [0.4, 0.5) is 0 Å². The smallest absolute Gasteiger partial charge is 0.159 e. The molecule has 0 saturated heterocycles. The average molecular weight is 395 g/mol. The van der Waals surface area contributed by atoms with Crippen molar-refractivity contribution in [2.24, 2.45) is 0 Å². The van der Waals surface area contributed by atoms with Crippen molar-refractivity contribution in [1.82, 2.24) is 19.9 Å². The van der Waals surface area contributed by atoms with E-state index in [1.807, 2.05) is 24.5 Å². The van der Waals surface area contributed by atoms with E-state index in [0.29, 0.717) is 5.92 Å². The second-order valence-corrected chi connectivity index (χ2v) is 7.90. The molecular weight excluding hydrogens is 368 g/mol. The molecule has 4 heteroatoms. The van der Waals surface area contributed by atoms with Gasteiger partial charge in [0.1, 0.15) is 0 Å². The topological polar surface area (TPSA) is 51.6 Å². The Labute approximate surface area is 178 Å². The minimum absolute atomic E-state index is 0.271. The van der Waals surface area contributed by atoms with Crippen LogP contribution < -0.4 is 0 Å². The highest BCUT2D eigenvalue weighted by Crippen LogP contribution is 2.30. The molecule has 1 atom stereocenters. The van der Waals surface area contributed by atoms with Gasteiger partial charge in [-0.2, -0.15) is 0 Å². The molecule has 2 heterocycles. The minimum atomic E-state index is 0.271. The Hall–Kier alpha value is -3.40. The molecule has 0 saturated carbocycles. The van der Waals surface area contributed by atoms with Crippen molar-refractivity contribution in [3.63, 3.8) is 0 Å². The summed E-state index contributed by atoms with van der Waals surface area (Å²) in [5.74, 6) is 1.47. The number of hydrogen-bond donors (Lipinski definition) is 0. The lowest BCUT2D eigenvalue weighted by atomic mass is 9.91. The van der Waals surface area contributed by atoms with Crippen LogP contribution in [0.25, 0.3) is 22.6 Å². The summed E-state index contributed by atoms with van der Waals surface area (Å²) in [6, 6.07) is 18.6. The monoisotopic (exact) mass is 394 g/mol. The van der Waals surface area contributed by atoms with Gasteiger partial charge >= 0.3 is 0 Å². The van der Waals surface area contributed by atoms with Gasteiger partial charge in [-0.1, -0.05) is 69.3 Å². The van der Waals surface area contributed by atoms with E-state index in [-0.39, 0.29) is 5.92 Å². The summed E-state index contributed by atoms with van der Waals surface area (Å²) < 4.78 is 0. The first kappa shape index (κ1) is 19.9. The van der Waals surface area contributed by atoms with Crippen LogP contribution in [0.3, 0.4) is 0 Å². The molecule has 4 nitrogen and oxygen atoms in total. The summed E-state index contributed by atoms with van der Waals surface area (Å²) in [6.45, 7) is 6.62. The molecule has 0 radical (unpaired) electrons. The van der Waals surface area contributed by atoms with E-state index in [4.69, 9.17) is 9.97 Å². The molecule has 0 amide bonds. The van der Waals surface area contributed by atoms with Crippen LogP contribution in [0.15, 0.2) is 79.4 Å². The van der Waals surface area contributed by atoms with E-state index in [9.17, 15) is 0 Å². The summed E-state index contributed by atoms with van der Waals surface area (Å²) in [4.78, 5) is 18.3. The molecule has 2 aromatic carbocycles. The van der Waals surface area contributed by atoms with Crippen LogP contribution >= 0.6 is 0 Å². The molecule has 30 heavy (non-hydrogen) atoms. The molecular formula is C26H26N4. The van der Waals surface area contributed by atoms with Gasteiger partial charge in [0.25, 0.3) is 0 Å². The second kappa shape index (κ2) is 8.95. The largest absolute Gasteiger partial charge is 0.257 e. The average Bonchev–Trinajstić information content (AvgIpc) is 2.80. The highest BCUT2D eigenvalue weighted by atomic mass is 14.9. The Balaban J connectivity index is 1.57. The number of hydrogen-bond acceptors (Lipinski definition) is 4. The third-order valence-corrected chi connectivity index (χ3v) is 5.38. The highest BCUT2D eigenvalue weighted by Gasteiger charge is 2.15. The first-order chi connectivity index (χ1) is 14.6. The Morgan fingerprint density at radius 3 is 2.00 bits per heavy atom. The van der Waals surface area contributed by atoms with E-state index in [0.717, 1.165) is 34.8 Å². The summed E-state index contributed by atoms with van der Waals surface area (Å²) in [7, 11) is 0. The normalized spacial score (nSPS) is 12.1. The highest BCUT2D eigenvalue weighted by molar-refractivity contribution is 5.64. The maximum Gasteiger partial charge on any atom is 0.159 e. The molecule has 0 spiro atoms. The molecule has 4 aromatic rings. The first-order valence-corrected chi connectivity index (χ1v) is 10.4. The maximum atomic E-state index is 4.73. The molecule has 0 N–H and O–H groups in total. The van der Waals surface area contributed by atoms with E-state index >= 15 is 0 Å². The zero-order valence-electron chi connectivity index (χ0n) is 17.7. The lowest BCUT2D eigenvalue weighted by Crippen LogP contribution is -2.04. The van der Waals surface area contributed by atoms with Crippen molar-refractivity contribution in [2.75, 3.05) is 0 Å². The van der Waals surface area contributed by atoms with Gasteiger partial charge in [0.15, 0.2) is 5.82 Å². The van der Waals surface area contributed by atoms with Crippen LogP contribution in [-0.2, 0) is 6.42 Å². The third kappa shape index (κ3) is 4.28. The van der Waals surface area contributed by atoms with Crippen LogP contribution in [-0.4, -0.2) is 19.9 Å². The molecule has 0 fully saturated rings. The predicted octanol–water partition coefficient (Wildman–Crippen LogP) is 6.07. The van der Waals surface area contributed by atoms with Gasteiger partial charge in [0, 0.05) is 29.7 Å². The van der Waals surface area contributed by atoms with E-state index < -0.39 is 0 Å². The third-order valence-electron chi connectivity index (χ3n) is 5.38. The fraction of sp³-hybridized carbons (Fsp3) is 0.231. The van der Waals surface area contributed by atoms with Gasteiger partial charge in [-0.25, -0.2) is 9.97 Å². The van der Waals surface area contributed by atoms with Crippen molar-refractivity contribution < 1.29 is 0 Å². The fourth-order valence-electron chi connectivity index (χ4n) is 3.83. The summed E-state index contributed by atoms with van der Waals surface area (Å²) in [6.07, 6.45) is 8.18. The van der Waals surface area contributed by atoms with E-state index in [1.165, 1.54) is 11.1 Å². The van der Waals surface area contributed by atoms with Crippen molar-refractivity contribution in [1.29, 1.82) is 0 Å². The molecule has 1 unspecified atom stereocenters. The summed E-state index contributed by atoms with van der Waals surface area (Å²) in [5.41, 5.74) is 6.66. The SMILES string of the molecule is CC(C)c1ccccc1-c1cnc(CC(C)c2ccccc2-c2ncccn2)cn1. The van der Waals surface area contributed by atoms with Gasteiger partial charge in [-0.15, -0.1) is 0 Å². The predicted molar refractivity (Wildman–Crippen MR) is 121 cm³/mol.